The lowest BCUT2D eigenvalue weighted by Crippen LogP contribution is -2.48. The first-order valence-electron chi connectivity index (χ1n) is 6.45. The van der Waals surface area contributed by atoms with E-state index in [0.29, 0.717) is 36.6 Å². The number of morpholine rings is 1. The normalized spacial score (nSPS) is 16.0. The largest absolute Gasteiger partial charge is 0.379 e. The van der Waals surface area contributed by atoms with E-state index in [-0.39, 0.29) is 11.6 Å². The van der Waals surface area contributed by atoms with E-state index >= 15 is 0 Å². The minimum absolute atomic E-state index is 0.0282. The molecule has 1 saturated heterocycles. The van der Waals surface area contributed by atoms with Crippen LogP contribution < -0.4 is 5.43 Å². The average Bonchev–Trinajstić information content (AvgIpc) is 2.91. The minimum atomic E-state index is -0.440. The maximum absolute atomic E-state index is 12.2. The summed E-state index contributed by atoms with van der Waals surface area (Å²) in [4.78, 5) is 23.0. The highest BCUT2D eigenvalue weighted by Gasteiger charge is 2.17. The van der Waals surface area contributed by atoms with Crippen LogP contribution in [0.4, 0.5) is 5.69 Å². The van der Waals surface area contributed by atoms with Crippen molar-refractivity contribution in [1.29, 1.82) is 0 Å². The summed E-state index contributed by atoms with van der Waals surface area (Å²) in [6.07, 6.45) is 0. The smallest absolute Gasteiger partial charge is 0.275 e. The summed E-state index contributed by atoms with van der Waals surface area (Å²) < 4.78 is 6.07. The first-order chi connectivity index (χ1) is 10.1. The van der Waals surface area contributed by atoms with Gasteiger partial charge in [0, 0.05) is 35.3 Å². The van der Waals surface area contributed by atoms with Crippen molar-refractivity contribution >= 4 is 33.0 Å². The first kappa shape index (κ1) is 13.9. The fourth-order valence-corrected chi connectivity index (χ4v) is 3.06. The Labute approximate surface area is 124 Å². The van der Waals surface area contributed by atoms with Crippen molar-refractivity contribution in [2.45, 2.75) is 0 Å². The standard InChI is InChI=1S/C13H13N3O4S/c17-13(14-15-3-5-20-6-4-15)12-8-9-7-10(16(18)19)1-2-11(9)21-12/h1-2,7-8H,3-6H2,(H,14,17). The summed E-state index contributed by atoms with van der Waals surface area (Å²) in [5.74, 6) is -0.194. The molecule has 0 saturated carbocycles. The number of fused-ring (bicyclic) bond motifs is 1. The fourth-order valence-electron chi connectivity index (χ4n) is 2.13. The molecule has 1 aliphatic rings. The second-order valence-corrected chi connectivity index (χ2v) is 5.71. The van der Waals surface area contributed by atoms with E-state index in [4.69, 9.17) is 4.74 Å². The number of nitrogens with zero attached hydrogens (tertiary/aromatic N) is 2. The molecule has 110 valence electrons. The Morgan fingerprint density at radius 1 is 1.33 bits per heavy atom. The van der Waals surface area contributed by atoms with E-state index in [1.807, 2.05) is 5.01 Å². The average molecular weight is 307 g/mol. The van der Waals surface area contributed by atoms with Gasteiger partial charge in [-0.15, -0.1) is 11.3 Å². The van der Waals surface area contributed by atoms with Crippen LogP contribution in [0.3, 0.4) is 0 Å². The Balaban J connectivity index is 1.79. The summed E-state index contributed by atoms with van der Waals surface area (Å²) >= 11 is 1.32. The van der Waals surface area contributed by atoms with Gasteiger partial charge in [-0.25, -0.2) is 5.01 Å². The van der Waals surface area contributed by atoms with Crippen molar-refractivity contribution in [2.24, 2.45) is 0 Å². The molecule has 2 heterocycles. The van der Waals surface area contributed by atoms with Crippen molar-refractivity contribution < 1.29 is 14.5 Å². The van der Waals surface area contributed by atoms with Gasteiger partial charge in [0.25, 0.3) is 11.6 Å². The van der Waals surface area contributed by atoms with E-state index in [9.17, 15) is 14.9 Å². The van der Waals surface area contributed by atoms with Crippen LogP contribution in [-0.2, 0) is 4.74 Å². The molecule has 0 radical (unpaired) electrons. The molecule has 1 aromatic heterocycles. The third-order valence-corrected chi connectivity index (χ3v) is 4.32. The summed E-state index contributed by atoms with van der Waals surface area (Å²) in [6.45, 7) is 2.50. The van der Waals surface area contributed by atoms with E-state index in [2.05, 4.69) is 5.43 Å². The maximum Gasteiger partial charge on any atom is 0.275 e. The number of amides is 1. The lowest BCUT2D eigenvalue weighted by Gasteiger charge is -2.26. The zero-order chi connectivity index (χ0) is 14.8. The Morgan fingerprint density at radius 3 is 2.81 bits per heavy atom. The second kappa shape index (κ2) is 5.76. The molecule has 0 aliphatic carbocycles. The van der Waals surface area contributed by atoms with Gasteiger partial charge in [0.2, 0.25) is 0 Å². The number of carbonyl (C=O) groups excluding carboxylic acids is 1. The van der Waals surface area contributed by atoms with E-state index in [1.165, 1.54) is 23.5 Å². The topological polar surface area (TPSA) is 84.7 Å². The van der Waals surface area contributed by atoms with Crippen LogP contribution in [0.5, 0.6) is 0 Å². The number of ether oxygens (including phenoxy) is 1. The molecule has 0 spiro atoms. The number of benzene rings is 1. The van der Waals surface area contributed by atoms with Gasteiger partial charge in [0.05, 0.1) is 23.0 Å². The molecule has 1 aliphatic heterocycles. The molecule has 1 fully saturated rings. The van der Waals surface area contributed by atoms with Gasteiger partial charge in [0.15, 0.2) is 0 Å². The number of nitrogens with one attached hydrogen (secondary N) is 1. The van der Waals surface area contributed by atoms with Crippen molar-refractivity contribution in [2.75, 3.05) is 26.3 Å². The maximum atomic E-state index is 12.2. The molecule has 2 aromatic rings. The molecule has 21 heavy (non-hydrogen) atoms. The van der Waals surface area contributed by atoms with Gasteiger partial charge < -0.3 is 4.74 Å². The lowest BCUT2D eigenvalue weighted by molar-refractivity contribution is -0.384. The molecule has 1 aromatic carbocycles. The van der Waals surface area contributed by atoms with Gasteiger partial charge >= 0.3 is 0 Å². The summed E-state index contributed by atoms with van der Waals surface area (Å²) in [5.41, 5.74) is 2.85. The molecule has 0 unspecified atom stereocenters. The molecule has 1 N–H and O–H groups in total. The fraction of sp³-hybridized carbons (Fsp3) is 0.308. The highest BCUT2D eigenvalue weighted by molar-refractivity contribution is 7.20. The zero-order valence-electron chi connectivity index (χ0n) is 11.1. The number of hydrazine groups is 1. The number of thiophene rings is 1. The van der Waals surface area contributed by atoms with Crippen LogP contribution in [0, 0.1) is 10.1 Å². The summed E-state index contributed by atoms with van der Waals surface area (Å²) in [6, 6.07) is 6.28. The number of non-ortho nitro benzene ring substituents is 1. The first-order valence-corrected chi connectivity index (χ1v) is 7.27. The third kappa shape index (κ3) is 3.02. The van der Waals surface area contributed by atoms with Crippen LogP contribution in [0.1, 0.15) is 9.67 Å². The van der Waals surface area contributed by atoms with Gasteiger partial charge in [-0.05, 0) is 12.1 Å². The SMILES string of the molecule is O=C(NN1CCOCC1)c1cc2cc([N+](=O)[O-])ccc2s1. The van der Waals surface area contributed by atoms with Crippen molar-refractivity contribution in [3.8, 4) is 0 Å². The molecule has 8 heteroatoms. The Kier molecular flexibility index (Phi) is 3.82. The number of rotatable bonds is 3. The lowest BCUT2D eigenvalue weighted by atomic mass is 10.2. The van der Waals surface area contributed by atoms with Crippen LogP contribution in [0.15, 0.2) is 24.3 Å². The van der Waals surface area contributed by atoms with Crippen molar-refractivity contribution in [3.05, 3.63) is 39.3 Å². The number of nitro benzene ring substituents is 1. The van der Waals surface area contributed by atoms with Gasteiger partial charge in [0.1, 0.15) is 0 Å². The highest BCUT2D eigenvalue weighted by atomic mass is 32.1. The third-order valence-electron chi connectivity index (χ3n) is 3.21. The van der Waals surface area contributed by atoms with E-state index < -0.39 is 4.92 Å². The molecular formula is C13H13N3O4S. The Hall–Kier alpha value is -2.03. The summed E-state index contributed by atoms with van der Waals surface area (Å²) in [7, 11) is 0. The van der Waals surface area contributed by atoms with Gasteiger partial charge in [-0.3, -0.25) is 20.3 Å². The van der Waals surface area contributed by atoms with Gasteiger partial charge in [-0.2, -0.15) is 0 Å². The van der Waals surface area contributed by atoms with Crippen molar-refractivity contribution in [1.82, 2.24) is 10.4 Å². The predicted octanol–water partition coefficient (Wildman–Crippen LogP) is 1.79. The van der Waals surface area contributed by atoms with Crippen molar-refractivity contribution in [3.63, 3.8) is 0 Å². The molecule has 7 nitrogen and oxygen atoms in total. The number of carbonyl (C=O) groups is 1. The minimum Gasteiger partial charge on any atom is -0.379 e. The van der Waals surface area contributed by atoms with Crippen LogP contribution in [0.2, 0.25) is 0 Å². The van der Waals surface area contributed by atoms with Gasteiger partial charge in [-0.1, -0.05) is 0 Å². The second-order valence-electron chi connectivity index (χ2n) is 4.63. The Morgan fingerprint density at radius 2 is 2.10 bits per heavy atom. The predicted molar refractivity (Wildman–Crippen MR) is 78.3 cm³/mol. The number of hydrogen-bond donors (Lipinski definition) is 1. The quantitative estimate of drug-likeness (QED) is 0.690. The van der Waals surface area contributed by atoms with Crippen LogP contribution in [-0.4, -0.2) is 42.1 Å². The molecule has 0 bridgehead atoms. The van der Waals surface area contributed by atoms with E-state index in [0.717, 1.165) is 4.70 Å². The zero-order valence-corrected chi connectivity index (χ0v) is 11.9. The highest BCUT2D eigenvalue weighted by Crippen LogP contribution is 2.28. The van der Waals surface area contributed by atoms with E-state index in [1.54, 1.807) is 12.1 Å². The summed E-state index contributed by atoms with van der Waals surface area (Å²) in [5, 5.41) is 13.3. The molecule has 0 atom stereocenters. The number of hydrogen-bond acceptors (Lipinski definition) is 6. The number of nitro groups is 1. The Bertz CT molecular complexity index is 694. The monoisotopic (exact) mass is 307 g/mol. The molecule has 1 amide bonds. The molecule has 3 rings (SSSR count). The van der Waals surface area contributed by atoms with Crippen LogP contribution in [0.25, 0.3) is 10.1 Å². The van der Waals surface area contributed by atoms with Crippen LogP contribution >= 0.6 is 11.3 Å². The molecular weight excluding hydrogens is 294 g/mol.